The van der Waals surface area contributed by atoms with Gasteiger partial charge in [-0.3, -0.25) is 9.59 Å². The number of benzene rings is 2. The van der Waals surface area contributed by atoms with Gasteiger partial charge < -0.3 is 31.7 Å². The molecule has 4 rings (SSSR count). The first-order valence-corrected chi connectivity index (χ1v) is 14.4. The number of nitrogens with zero attached hydrogens (tertiary/aromatic N) is 1. The van der Waals surface area contributed by atoms with Crippen molar-refractivity contribution in [1.82, 2.24) is 10.2 Å². The first-order valence-electron chi connectivity index (χ1n) is 14.4. The highest BCUT2D eigenvalue weighted by Crippen LogP contribution is 2.39. The Kier molecular flexibility index (Phi) is 15.0. The normalized spacial score (nSPS) is 15.9. The number of nitrogens with two attached hydrogens (primary N) is 2. The van der Waals surface area contributed by atoms with E-state index in [0.717, 1.165) is 72.5 Å². The highest BCUT2D eigenvalue weighted by atomic mass is 16.5. The van der Waals surface area contributed by atoms with Crippen LogP contribution in [0.25, 0.3) is 5.70 Å². The molecule has 0 bridgehead atoms. The van der Waals surface area contributed by atoms with Crippen molar-refractivity contribution in [2.24, 2.45) is 5.73 Å². The molecule has 2 aromatic rings. The predicted molar refractivity (Wildman–Crippen MR) is 168 cm³/mol. The summed E-state index contributed by atoms with van der Waals surface area (Å²) in [4.78, 5) is 24.1. The lowest BCUT2D eigenvalue weighted by Crippen LogP contribution is -2.57. The molecular weight excluding hydrogens is 502 g/mol. The third kappa shape index (κ3) is 9.99. The topological polar surface area (TPSA) is 123 Å². The standard InChI is InChI=1S/C18H25N3O2.C9H12N2O.C3H8.C2H6/c1-4-5-16-15-12-14(19-13(2)22)6-7-17(15)23-18(20-16)8-10-21(3)11-9-18;1-6-2-7(5-12)3-8(4-10)9(6)11;1-3-2;1-2/h5-7,12,20H,4,8-11H2,1-3H3,(H,19,22);2-3,5H,4,10-11H2,1H3;3H2,1-2H3;1-2H3/b16-5+;;;. The molecule has 2 heterocycles. The van der Waals surface area contributed by atoms with E-state index in [1.807, 2.05) is 39.0 Å². The lowest BCUT2D eigenvalue weighted by atomic mass is 9.95. The zero-order valence-electron chi connectivity index (χ0n) is 25.8. The fraction of sp³-hybridized carbons (Fsp3) is 0.500. The molecule has 8 nitrogen and oxygen atoms in total. The van der Waals surface area contributed by atoms with E-state index >= 15 is 0 Å². The number of aldehydes is 1. The van der Waals surface area contributed by atoms with Crippen LogP contribution in [0.5, 0.6) is 5.75 Å². The lowest BCUT2D eigenvalue weighted by Gasteiger charge is -2.45. The Hall–Kier alpha value is -3.36. The molecule has 40 heavy (non-hydrogen) atoms. The summed E-state index contributed by atoms with van der Waals surface area (Å²) in [5.41, 5.74) is 16.8. The number of nitrogen functional groups attached to an aromatic ring is 1. The molecule has 0 atom stereocenters. The van der Waals surface area contributed by atoms with Crippen molar-refractivity contribution in [3.63, 3.8) is 0 Å². The van der Waals surface area contributed by atoms with Gasteiger partial charge in [-0.15, -0.1) is 0 Å². The molecule has 1 spiro atoms. The highest BCUT2D eigenvalue weighted by Gasteiger charge is 2.40. The van der Waals surface area contributed by atoms with Gasteiger partial charge in [0.2, 0.25) is 5.91 Å². The SMILES string of the molecule is CC.CC/C=C1/NC2(CCN(C)CC2)Oc2ccc(NC(C)=O)cc21.CCC.Cc1cc(C=O)cc(CN)c1N. The quantitative estimate of drug-likeness (QED) is 0.267. The minimum absolute atomic E-state index is 0.0672. The monoisotopic (exact) mass is 553 g/mol. The van der Waals surface area contributed by atoms with Crippen molar-refractivity contribution >= 4 is 29.3 Å². The van der Waals surface area contributed by atoms with Crippen molar-refractivity contribution in [3.05, 3.63) is 58.7 Å². The number of allylic oxidation sites excluding steroid dienone is 1. The van der Waals surface area contributed by atoms with Crippen LogP contribution in [0.4, 0.5) is 11.4 Å². The molecule has 1 amide bonds. The Labute approximate surface area is 241 Å². The van der Waals surface area contributed by atoms with Crippen LogP contribution < -0.4 is 26.8 Å². The van der Waals surface area contributed by atoms with E-state index in [1.165, 1.54) is 13.3 Å². The van der Waals surface area contributed by atoms with Crippen molar-refractivity contribution in [1.29, 1.82) is 0 Å². The van der Waals surface area contributed by atoms with Crippen LogP contribution in [0.2, 0.25) is 0 Å². The number of carbonyl (C=O) groups excluding carboxylic acids is 2. The summed E-state index contributed by atoms with van der Waals surface area (Å²) in [5, 5.41) is 6.46. The van der Waals surface area contributed by atoms with Crippen LogP contribution in [-0.2, 0) is 11.3 Å². The third-order valence-electron chi connectivity index (χ3n) is 6.31. The second-order valence-electron chi connectivity index (χ2n) is 9.88. The van der Waals surface area contributed by atoms with Crippen molar-refractivity contribution in [2.75, 3.05) is 31.2 Å². The van der Waals surface area contributed by atoms with Crippen LogP contribution in [0.1, 0.15) is 94.3 Å². The van der Waals surface area contributed by atoms with Gasteiger partial charge in [0.1, 0.15) is 12.0 Å². The maximum atomic E-state index is 11.3. The zero-order chi connectivity index (χ0) is 30.3. The highest BCUT2D eigenvalue weighted by molar-refractivity contribution is 5.90. The van der Waals surface area contributed by atoms with E-state index in [1.54, 1.807) is 12.1 Å². The number of fused-ring (bicyclic) bond motifs is 1. The second-order valence-corrected chi connectivity index (χ2v) is 9.88. The number of carbonyl (C=O) groups is 2. The van der Waals surface area contributed by atoms with Gasteiger partial charge in [0.25, 0.3) is 0 Å². The number of piperidine rings is 1. The molecular formula is C32H51N5O3. The molecule has 0 aromatic heterocycles. The summed E-state index contributed by atoms with van der Waals surface area (Å²) < 4.78 is 6.35. The predicted octanol–water partition coefficient (Wildman–Crippen LogP) is 6.09. The number of ether oxygens (including phenoxy) is 1. The van der Waals surface area contributed by atoms with E-state index in [2.05, 4.69) is 49.4 Å². The van der Waals surface area contributed by atoms with Crippen molar-refractivity contribution < 1.29 is 14.3 Å². The van der Waals surface area contributed by atoms with Gasteiger partial charge in [-0.05, 0) is 61.9 Å². The first-order chi connectivity index (χ1) is 19.1. The van der Waals surface area contributed by atoms with E-state index in [4.69, 9.17) is 16.2 Å². The number of hydrogen-bond donors (Lipinski definition) is 4. The van der Waals surface area contributed by atoms with E-state index in [-0.39, 0.29) is 11.6 Å². The Balaban J connectivity index is 0.000000396. The average molecular weight is 554 g/mol. The lowest BCUT2D eigenvalue weighted by molar-refractivity contribution is -0.114. The van der Waals surface area contributed by atoms with Gasteiger partial charge in [-0.2, -0.15) is 0 Å². The Morgan fingerprint density at radius 3 is 2.30 bits per heavy atom. The van der Waals surface area contributed by atoms with Crippen molar-refractivity contribution in [3.8, 4) is 5.75 Å². The summed E-state index contributed by atoms with van der Waals surface area (Å²) in [6.45, 7) is 16.2. The number of hydrogen-bond acceptors (Lipinski definition) is 7. The maximum absolute atomic E-state index is 11.3. The number of amides is 1. The number of nitrogens with one attached hydrogen (secondary N) is 2. The van der Waals surface area contributed by atoms with Gasteiger partial charge >= 0.3 is 0 Å². The first kappa shape index (κ1) is 34.7. The smallest absolute Gasteiger partial charge is 0.221 e. The third-order valence-corrected chi connectivity index (χ3v) is 6.31. The average Bonchev–Trinajstić information content (AvgIpc) is 2.94. The molecule has 0 radical (unpaired) electrons. The van der Waals surface area contributed by atoms with E-state index < -0.39 is 0 Å². The van der Waals surface area contributed by atoms with Gasteiger partial charge in [0.15, 0.2) is 5.72 Å². The van der Waals surface area contributed by atoms with Crippen LogP contribution in [0.15, 0.2) is 36.4 Å². The number of rotatable bonds is 4. The minimum Gasteiger partial charge on any atom is -0.467 e. The molecule has 0 unspecified atom stereocenters. The summed E-state index contributed by atoms with van der Waals surface area (Å²) in [6.07, 6.45) is 7.10. The molecule has 0 saturated carbocycles. The largest absolute Gasteiger partial charge is 0.467 e. The van der Waals surface area contributed by atoms with Crippen LogP contribution in [-0.4, -0.2) is 43.0 Å². The number of aryl methyl sites for hydroxylation is 1. The van der Waals surface area contributed by atoms with Gasteiger partial charge in [-0.25, -0.2) is 0 Å². The summed E-state index contributed by atoms with van der Waals surface area (Å²) in [5.74, 6) is 0.824. The summed E-state index contributed by atoms with van der Waals surface area (Å²) in [6, 6.07) is 9.31. The molecule has 8 heteroatoms. The second kappa shape index (κ2) is 17.4. The Bertz CT molecular complexity index is 1120. The molecule has 2 aliphatic heterocycles. The number of likely N-dealkylation sites (tertiary alicyclic amines) is 1. The van der Waals surface area contributed by atoms with Crippen LogP contribution in [0, 0.1) is 6.92 Å². The molecule has 222 valence electrons. The molecule has 2 aromatic carbocycles. The fourth-order valence-corrected chi connectivity index (χ4v) is 4.37. The Morgan fingerprint density at radius 2 is 1.77 bits per heavy atom. The van der Waals surface area contributed by atoms with Crippen LogP contribution >= 0.6 is 0 Å². The maximum Gasteiger partial charge on any atom is 0.221 e. The fourth-order valence-electron chi connectivity index (χ4n) is 4.37. The van der Waals surface area contributed by atoms with Crippen molar-refractivity contribution in [2.45, 2.75) is 86.4 Å². The molecule has 1 saturated heterocycles. The number of anilines is 2. The Morgan fingerprint density at radius 1 is 1.15 bits per heavy atom. The minimum atomic E-state index is -0.309. The van der Waals surface area contributed by atoms with Gasteiger partial charge in [-0.1, -0.05) is 47.1 Å². The molecule has 1 fully saturated rings. The zero-order valence-corrected chi connectivity index (χ0v) is 25.8. The molecule has 6 N–H and O–H groups in total. The van der Waals surface area contributed by atoms with Gasteiger partial charge in [0, 0.05) is 67.6 Å². The summed E-state index contributed by atoms with van der Waals surface area (Å²) >= 11 is 0. The van der Waals surface area contributed by atoms with Gasteiger partial charge in [0.05, 0.1) is 0 Å². The van der Waals surface area contributed by atoms with E-state index in [0.29, 0.717) is 17.8 Å². The van der Waals surface area contributed by atoms with Crippen LogP contribution in [0.3, 0.4) is 0 Å². The van der Waals surface area contributed by atoms with E-state index in [9.17, 15) is 9.59 Å². The molecule has 2 aliphatic rings. The summed E-state index contributed by atoms with van der Waals surface area (Å²) in [7, 11) is 2.14. The molecule has 0 aliphatic carbocycles.